The molecule has 5 heteroatoms. The fraction of sp³-hybridized carbons (Fsp3) is 0.261. The van der Waals surface area contributed by atoms with Crippen molar-refractivity contribution in [3.8, 4) is 11.3 Å². The average molecular weight is 394 g/mol. The monoisotopic (exact) mass is 393 g/mol. The van der Waals surface area contributed by atoms with E-state index in [9.17, 15) is 4.79 Å². The molecule has 1 N–H and O–H groups in total. The number of benzene rings is 2. The van der Waals surface area contributed by atoms with Crippen LogP contribution in [0.25, 0.3) is 22.2 Å². The second-order valence-electron chi connectivity index (χ2n) is 7.09. The van der Waals surface area contributed by atoms with E-state index in [-0.39, 0.29) is 11.8 Å². The quantitative estimate of drug-likeness (QED) is 0.434. The molecule has 0 unspecified atom stereocenters. The molecule has 144 valence electrons. The van der Waals surface area contributed by atoms with E-state index in [0.29, 0.717) is 27.2 Å². The molecular weight excluding hydrogens is 370 g/mol. The maximum absolute atomic E-state index is 12.9. The van der Waals surface area contributed by atoms with Crippen molar-refractivity contribution in [2.24, 2.45) is 11.0 Å². The first kappa shape index (κ1) is 20.0. The molecule has 3 aromatic rings. The lowest BCUT2D eigenvalue weighted by Gasteiger charge is -2.11. The fourth-order valence-corrected chi connectivity index (χ4v) is 3.01. The van der Waals surface area contributed by atoms with Gasteiger partial charge < -0.3 is 0 Å². The molecule has 28 heavy (non-hydrogen) atoms. The van der Waals surface area contributed by atoms with E-state index >= 15 is 0 Å². The maximum Gasteiger partial charge on any atom is 0.272 e. The number of aryl methyl sites for hydroxylation is 1. The first-order valence-corrected chi connectivity index (χ1v) is 9.81. The van der Waals surface area contributed by atoms with Gasteiger partial charge in [-0.2, -0.15) is 5.10 Å². The van der Waals surface area contributed by atoms with Gasteiger partial charge in [-0.05, 0) is 37.0 Å². The van der Waals surface area contributed by atoms with Crippen LogP contribution in [0.3, 0.4) is 0 Å². The topological polar surface area (TPSA) is 54.4 Å². The number of fused-ring (bicyclic) bond motifs is 1. The van der Waals surface area contributed by atoms with Crippen LogP contribution in [0.2, 0.25) is 5.02 Å². The number of halogens is 1. The molecule has 0 aliphatic rings. The summed E-state index contributed by atoms with van der Waals surface area (Å²) >= 11 is 6.39. The molecule has 0 spiro atoms. The van der Waals surface area contributed by atoms with Gasteiger partial charge in [-0.25, -0.2) is 10.4 Å². The lowest BCUT2D eigenvalue weighted by atomic mass is 10.0. The van der Waals surface area contributed by atoms with Gasteiger partial charge in [0.25, 0.3) is 5.91 Å². The number of nitrogens with zero attached hydrogens (tertiary/aromatic N) is 2. The number of nitrogens with one attached hydrogen (secondary N) is 1. The van der Waals surface area contributed by atoms with E-state index in [4.69, 9.17) is 16.6 Å². The van der Waals surface area contributed by atoms with Crippen LogP contribution in [0.15, 0.2) is 53.6 Å². The zero-order valence-corrected chi connectivity index (χ0v) is 17.3. The smallest absolute Gasteiger partial charge is 0.267 e. The van der Waals surface area contributed by atoms with Crippen LogP contribution in [-0.4, -0.2) is 16.6 Å². The van der Waals surface area contributed by atoms with Crippen molar-refractivity contribution >= 4 is 34.1 Å². The highest BCUT2D eigenvalue weighted by Crippen LogP contribution is 2.29. The van der Waals surface area contributed by atoms with Gasteiger partial charge in [-0.3, -0.25) is 4.79 Å². The van der Waals surface area contributed by atoms with Crippen molar-refractivity contribution in [1.29, 1.82) is 0 Å². The largest absolute Gasteiger partial charge is 0.272 e. The minimum absolute atomic E-state index is 0.261. The lowest BCUT2D eigenvalue weighted by molar-refractivity contribution is 0.0956. The number of hydrazone groups is 1. The van der Waals surface area contributed by atoms with E-state index < -0.39 is 0 Å². The maximum atomic E-state index is 12.9. The Hall–Kier alpha value is -2.72. The first-order chi connectivity index (χ1) is 13.4. The third kappa shape index (κ3) is 4.23. The molecule has 2 aromatic carbocycles. The molecule has 1 amide bonds. The van der Waals surface area contributed by atoms with Crippen LogP contribution >= 0.6 is 11.6 Å². The highest BCUT2D eigenvalue weighted by atomic mass is 35.5. The summed E-state index contributed by atoms with van der Waals surface area (Å²) in [6, 6.07) is 15.4. The van der Waals surface area contributed by atoms with Crippen molar-refractivity contribution in [2.45, 2.75) is 34.1 Å². The van der Waals surface area contributed by atoms with Crippen LogP contribution in [-0.2, 0) is 6.42 Å². The van der Waals surface area contributed by atoms with Gasteiger partial charge >= 0.3 is 0 Å². The SMILES string of the molecule is CCc1ccc(-c2cc(C(=O)N/N=C(/C)C(C)C)c3cccc(Cl)c3n2)cc1. The molecule has 1 aromatic heterocycles. The molecule has 0 aliphatic heterocycles. The third-order valence-electron chi connectivity index (χ3n) is 4.86. The number of rotatable bonds is 5. The first-order valence-electron chi connectivity index (χ1n) is 9.43. The number of carbonyl (C=O) groups is 1. The van der Waals surface area contributed by atoms with Crippen LogP contribution < -0.4 is 5.43 Å². The molecule has 0 saturated carbocycles. The van der Waals surface area contributed by atoms with E-state index in [1.54, 1.807) is 12.1 Å². The van der Waals surface area contributed by atoms with E-state index in [1.165, 1.54) is 5.56 Å². The van der Waals surface area contributed by atoms with E-state index in [0.717, 1.165) is 17.7 Å². The summed E-state index contributed by atoms with van der Waals surface area (Å²) in [5.74, 6) is -0.0161. The Labute approximate surface area is 170 Å². The number of aromatic nitrogens is 1. The van der Waals surface area contributed by atoms with Crippen LogP contribution in [0.1, 0.15) is 43.6 Å². The van der Waals surface area contributed by atoms with Crippen molar-refractivity contribution in [1.82, 2.24) is 10.4 Å². The Kier molecular flexibility index (Phi) is 6.10. The minimum Gasteiger partial charge on any atom is -0.267 e. The summed E-state index contributed by atoms with van der Waals surface area (Å²) in [4.78, 5) is 17.6. The highest BCUT2D eigenvalue weighted by molar-refractivity contribution is 6.35. The van der Waals surface area contributed by atoms with Gasteiger partial charge in [0.15, 0.2) is 0 Å². The zero-order chi connectivity index (χ0) is 20.3. The predicted molar refractivity (Wildman–Crippen MR) is 117 cm³/mol. The molecule has 3 rings (SSSR count). The van der Waals surface area contributed by atoms with Crippen molar-refractivity contribution in [3.63, 3.8) is 0 Å². The number of hydrogen-bond acceptors (Lipinski definition) is 3. The van der Waals surface area contributed by atoms with Gasteiger partial charge in [-0.1, -0.05) is 68.8 Å². The standard InChI is InChI=1S/C23H24ClN3O/c1-5-16-9-11-17(12-10-16)21-13-19(23(28)27-26-15(4)14(2)3)18-7-6-8-20(24)22(18)25-21/h6-14H,5H2,1-4H3,(H,27,28)/b26-15-. The summed E-state index contributed by atoms with van der Waals surface area (Å²) < 4.78 is 0. The number of carbonyl (C=O) groups excluding carboxylic acids is 1. The van der Waals surface area contributed by atoms with Crippen molar-refractivity contribution in [3.05, 3.63) is 64.7 Å². The second kappa shape index (κ2) is 8.53. The highest BCUT2D eigenvalue weighted by Gasteiger charge is 2.15. The molecule has 0 saturated heterocycles. The Bertz CT molecular complexity index is 1040. The summed E-state index contributed by atoms with van der Waals surface area (Å²) in [5.41, 5.74) is 7.53. The lowest BCUT2D eigenvalue weighted by Crippen LogP contribution is -2.21. The van der Waals surface area contributed by atoms with Crippen LogP contribution in [0, 0.1) is 5.92 Å². The van der Waals surface area contributed by atoms with E-state index in [1.807, 2.05) is 45.0 Å². The number of para-hydroxylation sites is 1. The number of amides is 1. The molecule has 4 nitrogen and oxygen atoms in total. The Morgan fingerprint density at radius 1 is 1.18 bits per heavy atom. The van der Waals surface area contributed by atoms with Crippen LogP contribution in [0.4, 0.5) is 0 Å². The van der Waals surface area contributed by atoms with Crippen molar-refractivity contribution in [2.75, 3.05) is 0 Å². The predicted octanol–water partition coefficient (Wildman–Crippen LogP) is 5.88. The van der Waals surface area contributed by atoms with Gasteiger partial charge in [0.1, 0.15) is 0 Å². The molecule has 0 atom stereocenters. The van der Waals surface area contributed by atoms with Crippen molar-refractivity contribution < 1.29 is 4.79 Å². The van der Waals surface area contributed by atoms with Gasteiger partial charge in [0, 0.05) is 16.7 Å². The summed E-state index contributed by atoms with van der Waals surface area (Å²) in [7, 11) is 0. The molecule has 0 bridgehead atoms. The Morgan fingerprint density at radius 2 is 1.89 bits per heavy atom. The second-order valence-corrected chi connectivity index (χ2v) is 7.50. The third-order valence-corrected chi connectivity index (χ3v) is 5.17. The molecule has 0 fully saturated rings. The van der Waals surface area contributed by atoms with Gasteiger partial charge in [0.05, 0.1) is 21.8 Å². The Balaban J connectivity index is 2.11. The normalized spacial score (nSPS) is 11.9. The van der Waals surface area contributed by atoms with Gasteiger partial charge in [0.2, 0.25) is 0 Å². The summed E-state index contributed by atoms with van der Waals surface area (Å²) in [5, 5.41) is 5.44. The average Bonchev–Trinajstić information content (AvgIpc) is 2.71. The zero-order valence-electron chi connectivity index (χ0n) is 16.6. The Morgan fingerprint density at radius 3 is 2.54 bits per heavy atom. The molecule has 1 heterocycles. The van der Waals surface area contributed by atoms with Gasteiger partial charge in [-0.15, -0.1) is 0 Å². The fourth-order valence-electron chi connectivity index (χ4n) is 2.79. The number of pyridine rings is 1. The van der Waals surface area contributed by atoms with E-state index in [2.05, 4.69) is 29.6 Å². The molecule has 0 radical (unpaired) electrons. The molecule has 0 aliphatic carbocycles. The molecular formula is C23H24ClN3O. The number of hydrogen-bond donors (Lipinski definition) is 1. The van der Waals surface area contributed by atoms with Crippen LogP contribution in [0.5, 0.6) is 0 Å². The summed E-state index contributed by atoms with van der Waals surface area (Å²) in [6.07, 6.45) is 0.970. The summed E-state index contributed by atoms with van der Waals surface area (Å²) in [6.45, 7) is 8.08. The minimum atomic E-state index is -0.277.